The molecule has 2 rings (SSSR count). The molecule has 0 unspecified atom stereocenters. The first kappa shape index (κ1) is 22.6. The van der Waals surface area contributed by atoms with E-state index in [-0.39, 0.29) is 30.4 Å². The first-order valence-corrected chi connectivity index (χ1v) is 9.80. The Hall–Kier alpha value is -2.67. The summed E-state index contributed by atoms with van der Waals surface area (Å²) in [5.41, 5.74) is 4.65. The van der Waals surface area contributed by atoms with Crippen molar-refractivity contribution in [2.45, 2.75) is 54.0 Å². The van der Waals surface area contributed by atoms with E-state index < -0.39 is 0 Å². The summed E-state index contributed by atoms with van der Waals surface area (Å²) in [7, 11) is 1.75. The zero-order valence-corrected chi connectivity index (χ0v) is 18.8. The lowest BCUT2D eigenvalue weighted by atomic mass is 10.1. The molecule has 0 fully saturated rings. The van der Waals surface area contributed by atoms with Gasteiger partial charge in [0.25, 0.3) is 0 Å². The average molecular weight is 400 g/mol. The Morgan fingerprint density at radius 2 is 1.48 bits per heavy atom. The van der Waals surface area contributed by atoms with E-state index in [0.717, 1.165) is 28.1 Å². The monoisotopic (exact) mass is 399 g/mol. The molecular weight excluding hydrogens is 366 g/mol. The fraction of sp³-hybridized carbons (Fsp3) is 0.500. The molecule has 0 saturated heterocycles. The van der Waals surface area contributed by atoms with Crippen molar-refractivity contribution in [1.82, 2.24) is 14.7 Å². The Morgan fingerprint density at radius 3 is 2.00 bits per heavy atom. The molecule has 0 radical (unpaired) electrons. The Balaban J connectivity index is 1.95. The third-order valence-corrected chi connectivity index (χ3v) is 4.50. The van der Waals surface area contributed by atoms with Gasteiger partial charge in [0.15, 0.2) is 0 Å². The van der Waals surface area contributed by atoms with Crippen molar-refractivity contribution in [3.8, 4) is 0 Å². The minimum absolute atomic E-state index is 0.105. The van der Waals surface area contributed by atoms with Crippen molar-refractivity contribution in [1.29, 1.82) is 0 Å². The number of likely N-dealkylation sites (N-methyl/N-ethyl adjacent to an activating group) is 1. The number of nitrogens with zero attached hydrogens (tertiary/aromatic N) is 3. The molecule has 0 aliphatic rings. The molecule has 2 aromatic rings. The molecule has 0 aliphatic carbocycles. The van der Waals surface area contributed by atoms with Crippen molar-refractivity contribution >= 4 is 23.3 Å². The van der Waals surface area contributed by atoms with Gasteiger partial charge in [0.2, 0.25) is 11.8 Å². The Bertz CT molecular complexity index is 885. The molecule has 1 aromatic heterocycles. The fourth-order valence-corrected chi connectivity index (χ4v) is 3.38. The van der Waals surface area contributed by atoms with Gasteiger partial charge < -0.3 is 10.6 Å². The van der Waals surface area contributed by atoms with Crippen LogP contribution in [0.2, 0.25) is 0 Å². The van der Waals surface area contributed by atoms with Crippen LogP contribution < -0.4 is 10.6 Å². The standard InChI is InChI=1S/C22H33N5O2/c1-14-9-15(2)21(16(3)10-14)24-20(29)13-26(8)12-19(28)23-18-11-17(4)25-27(18)22(5,6)7/h9-11H,12-13H2,1-8H3,(H,23,28)(H,24,29). The Morgan fingerprint density at radius 1 is 0.966 bits per heavy atom. The maximum absolute atomic E-state index is 12.5. The predicted octanol–water partition coefficient (Wildman–Crippen LogP) is 3.38. The highest BCUT2D eigenvalue weighted by Crippen LogP contribution is 2.22. The molecule has 0 aliphatic heterocycles. The van der Waals surface area contributed by atoms with Gasteiger partial charge >= 0.3 is 0 Å². The summed E-state index contributed by atoms with van der Waals surface area (Å²) in [5.74, 6) is 0.322. The van der Waals surface area contributed by atoms with Crippen LogP contribution in [0.25, 0.3) is 0 Å². The number of hydrogen-bond donors (Lipinski definition) is 2. The number of aryl methyl sites for hydroxylation is 4. The maximum Gasteiger partial charge on any atom is 0.239 e. The minimum atomic E-state index is -0.244. The van der Waals surface area contributed by atoms with E-state index in [1.807, 2.05) is 66.7 Å². The summed E-state index contributed by atoms with van der Waals surface area (Å²) in [5, 5.41) is 10.3. The van der Waals surface area contributed by atoms with Crippen molar-refractivity contribution in [3.63, 3.8) is 0 Å². The third kappa shape index (κ3) is 6.15. The van der Waals surface area contributed by atoms with Crippen LogP contribution in [0.1, 0.15) is 43.2 Å². The number of carbonyl (C=O) groups is 2. The van der Waals surface area contributed by atoms with Crippen LogP contribution in [0.5, 0.6) is 0 Å². The van der Waals surface area contributed by atoms with Gasteiger partial charge in [-0.05, 0) is 66.6 Å². The number of nitrogens with one attached hydrogen (secondary N) is 2. The predicted molar refractivity (Wildman–Crippen MR) is 117 cm³/mol. The fourth-order valence-electron chi connectivity index (χ4n) is 3.38. The van der Waals surface area contributed by atoms with Crippen LogP contribution in [-0.4, -0.2) is 46.6 Å². The molecule has 29 heavy (non-hydrogen) atoms. The zero-order valence-electron chi connectivity index (χ0n) is 18.8. The summed E-state index contributed by atoms with van der Waals surface area (Å²) in [6.07, 6.45) is 0. The summed E-state index contributed by atoms with van der Waals surface area (Å²) < 4.78 is 1.80. The van der Waals surface area contributed by atoms with Gasteiger partial charge in [-0.2, -0.15) is 5.10 Å². The smallest absolute Gasteiger partial charge is 0.239 e. The molecule has 0 spiro atoms. The van der Waals surface area contributed by atoms with Crippen molar-refractivity contribution in [2.75, 3.05) is 30.8 Å². The molecular formula is C22H33N5O2. The van der Waals surface area contributed by atoms with Crippen LogP contribution >= 0.6 is 0 Å². The van der Waals surface area contributed by atoms with Gasteiger partial charge in [-0.25, -0.2) is 4.68 Å². The number of hydrogen-bond acceptors (Lipinski definition) is 4. The molecule has 0 saturated carbocycles. The van der Waals surface area contributed by atoms with Crippen LogP contribution in [0, 0.1) is 27.7 Å². The van der Waals surface area contributed by atoms with E-state index in [9.17, 15) is 9.59 Å². The summed E-state index contributed by atoms with van der Waals surface area (Å²) >= 11 is 0. The normalized spacial score (nSPS) is 11.6. The summed E-state index contributed by atoms with van der Waals surface area (Å²) in [6.45, 7) is 14.2. The highest BCUT2D eigenvalue weighted by atomic mass is 16.2. The Kier molecular flexibility index (Phi) is 6.85. The summed E-state index contributed by atoms with van der Waals surface area (Å²) in [4.78, 5) is 26.6. The third-order valence-electron chi connectivity index (χ3n) is 4.50. The van der Waals surface area contributed by atoms with Crippen LogP contribution in [0.15, 0.2) is 18.2 Å². The molecule has 0 atom stereocenters. The van der Waals surface area contributed by atoms with Crippen LogP contribution in [0.3, 0.4) is 0 Å². The molecule has 2 N–H and O–H groups in total. The molecule has 7 heteroatoms. The second-order valence-corrected chi connectivity index (χ2v) is 8.80. The van der Waals surface area contributed by atoms with Gasteiger partial charge in [-0.3, -0.25) is 14.5 Å². The number of rotatable bonds is 6. The molecule has 7 nitrogen and oxygen atoms in total. The van der Waals surface area contributed by atoms with Gasteiger partial charge in [-0.1, -0.05) is 17.7 Å². The Labute approximate surface area is 173 Å². The quantitative estimate of drug-likeness (QED) is 0.780. The number of anilines is 2. The van der Waals surface area contributed by atoms with Gasteiger partial charge in [0, 0.05) is 11.8 Å². The number of benzene rings is 1. The molecule has 2 amide bonds. The van der Waals surface area contributed by atoms with Crippen molar-refractivity contribution in [2.24, 2.45) is 0 Å². The van der Waals surface area contributed by atoms with Crippen molar-refractivity contribution < 1.29 is 9.59 Å². The van der Waals surface area contributed by atoms with E-state index in [1.165, 1.54) is 0 Å². The van der Waals surface area contributed by atoms with E-state index in [2.05, 4.69) is 15.7 Å². The lowest BCUT2D eigenvalue weighted by molar-refractivity contribution is -0.119. The van der Waals surface area contributed by atoms with Crippen LogP contribution in [-0.2, 0) is 15.1 Å². The highest BCUT2D eigenvalue weighted by molar-refractivity contribution is 5.95. The summed E-state index contributed by atoms with van der Waals surface area (Å²) in [6, 6.07) is 5.93. The second-order valence-electron chi connectivity index (χ2n) is 8.80. The highest BCUT2D eigenvalue weighted by Gasteiger charge is 2.20. The van der Waals surface area contributed by atoms with E-state index in [4.69, 9.17) is 0 Å². The largest absolute Gasteiger partial charge is 0.324 e. The molecule has 158 valence electrons. The van der Waals surface area contributed by atoms with E-state index >= 15 is 0 Å². The topological polar surface area (TPSA) is 79.3 Å². The van der Waals surface area contributed by atoms with E-state index in [1.54, 1.807) is 16.6 Å². The molecule has 0 bridgehead atoms. The minimum Gasteiger partial charge on any atom is -0.324 e. The number of carbonyl (C=O) groups excluding carboxylic acids is 2. The number of aromatic nitrogens is 2. The van der Waals surface area contributed by atoms with E-state index in [0.29, 0.717) is 5.82 Å². The van der Waals surface area contributed by atoms with Crippen LogP contribution in [0.4, 0.5) is 11.5 Å². The molecule has 1 aromatic carbocycles. The van der Waals surface area contributed by atoms with Gasteiger partial charge in [0.1, 0.15) is 5.82 Å². The first-order valence-electron chi connectivity index (χ1n) is 9.80. The second kappa shape index (κ2) is 8.78. The number of amides is 2. The lowest BCUT2D eigenvalue weighted by Gasteiger charge is -2.23. The SMILES string of the molecule is Cc1cc(C)c(NC(=O)CN(C)CC(=O)Nc2cc(C)nn2C(C)(C)C)c(C)c1. The average Bonchev–Trinajstić information content (AvgIpc) is 2.91. The maximum atomic E-state index is 12.5. The zero-order chi connectivity index (χ0) is 21.9. The van der Waals surface area contributed by atoms with Gasteiger partial charge in [0.05, 0.1) is 24.3 Å². The lowest BCUT2D eigenvalue weighted by Crippen LogP contribution is -2.37. The molecule has 1 heterocycles. The van der Waals surface area contributed by atoms with Crippen molar-refractivity contribution in [3.05, 3.63) is 40.6 Å². The van der Waals surface area contributed by atoms with Gasteiger partial charge in [-0.15, -0.1) is 0 Å². The first-order chi connectivity index (χ1) is 13.4.